The molecule has 0 saturated heterocycles. The molecule has 2 rings (SSSR count). The molecule has 0 aliphatic carbocycles. The van der Waals surface area contributed by atoms with Gasteiger partial charge in [0, 0.05) is 37.7 Å². The number of aromatic nitrogens is 2. The van der Waals surface area contributed by atoms with Crippen LogP contribution in [-0.4, -0.2) is 41.0 Å². The first-order valence-electron chi connectivity index (χ1n) is 7.76. The Morgan fingerprint density at radius 3 is 3.04 bits per heavy atom. The summed E-state index contributed by atoms with van der Waals surface area (Å²) < 4.78 is 6.93. The van der Waals surface area contributed by atoms with Crippen LogP contribution in [0.1, 0.15) is 18.9 Å². The molecule has 0 aliphatic rings. The highest BCUT2D eigenvalue weighted by atomic mass is 35.5. The minimum absolute atomic E-state index is 0.00605. The third-order valence-corrected chi connectivity index (χ3v) is 5.07. The lowest BCUT2D eigenvalue weighted by Gasteiger charge is -2.14. The molecular weight excluding hydrogens is 346 g/mol. The van der Waals surface area contributed by atoms with E-state index < -0.39 is 0 Å². The standard InChI is InChI=1S/C17H22ClN3O2S/c1-12-14(18)6-4-7-15(12)21-10-9-20-17(21)24-13(2)16(22)19-8-5-11-23-3/h4,6-7,9-10,13H,5,8,11H2,1-3H3,(H,19,22). The third kappa shape index (κ3) is 4.75. The summed E-state index contributed by atoms with van der Waals surface area (Å²) in [7, 11) is 1.65. The van der Waals surface area contributed by atoms with Crippen molar-refractivity contribution in [2.45, 2.75) is 30.7 Å². The molecule has 1 aromatic heterocycles. The minimum atomic E-state index is -0.242. The molecule has 24 heavy (non-hydrogen) atoms. The Morgan fingerprint density at radius 1 is 1.50 bits per heavy atom. The number of imidazole rings is 1. The molecule has 0 aliphatic heterocycles. The highest BCUT2D eigenvalue weighted by Crippen LogP contribution is 2.28. The number of benzene rings is 1. The Labute approximate surface area is 151 Å². The fraction of sp³-hybridized carbons (Fsp3) is 0.412. The number of carbonyl (C=O) groups is 1. The summed E-state index contributed by atoms with van der Waals surface area (Å²) in [6.45, 7) is 5.10. The van der Waals surface area contributed by atoms with E-state index >= 15 is 0 Å². The maximum atomic E-state index is 12.2. The summed E-state index contributed by atoms with van der Waals surface area (Å²) in [6, 6.07) is 5.76. The lowest BCUT2D eigenvalue weighted by molar-refractivity contribution is -0.120. The summed E-state index contributed by atoms with van der Waals surface area (Å²) >= 11 is 7.63. The van der Waals surface area contributed by atoms with Gasteiger partial charge in [0.2, 0.25) is 5.91 Å². The number of ether oxygens (including phenoxy) is 1. The van der Waals surface area contributed by atoms with Gasteiger partial charge in [-0.15, -0.1) is 0 Å². The lowest BCUT2D eigenvalue weighted by Crippen LogP contribution is -2.32. The van der Waals surface area contributed by atoms with Crippen LogP contribution in [-0.2, 0) is 9.53 Å². The van der Waals surface area contributed by atoms with E-state index in [-0.39, 0.29) is 11.2 Å². The first-order valence-corrected chi connectivity index (χ1v) is 9.02. The van der Waals surface area contributed by atoms with Crippen molar-refractivity contribution in [3.05, 3.63) is 41.2 Å². The van der Waals surface area contributed by atoms with Crippen LogP contribution in [0.3, 0.4) is 0 Å². The monoisotopic (exact) mass is 367 g/mol. The molecule has 0 bridgehead atoms. The molecular formula is C17H22ClN3O2S. The predicted molar refractivity (Wildman–Crippen MR) is 98.1 cm³/mol. The van der Waals surface area contributed by atoms with Crippen molar-refractivity contribution < 1.29 is 9.53 Å². The second-order valence-corrected chi connectivity index (χ2v) is 7.08. The lowest BCUT2D eigenvalue weighted by atomic mass is 10.2. The van der Waals surface area contributed by atoms with Crippen molar-refractivity contribution >= 4 is 29.3 Å². The van der Waals surface area contributed by atoms with Gasteiger partial charge in [-0.2, -0.15) is 0 Å². The number of rotatable bonds is 8. The Hall–Kier alpha value is -1.50. The molecule has 130 valence electrons. The third-order valence-electron chi connectivity index (χ3n) is 3.58. The van der Waals surface area contributed by atoms with Gasteiger partial charge in [-0.3, -0.25) is 9.36 Å². The average Bonchev–Trinajstić information content (AvgIpc) is 3.01. The molecule has 1 heterocycles. The Bertz CT molecular complexity index is 690. The van der Waals surface area contributed by atoms with Gasteiger partial charge in [-0.25, -0.2) is 4.98 Å². The molecule has 1 atom stereocenters. The van der Waals surface area contributed by atoms with Crippen LogP contribution in [0.2, 0.25) is 5.02 Å². The largest absolute Gasteiger partial charge is 0.385 e. The fourth-order valence-corrected chi connectivity index (χ4v) is 3.27. The summed E-state index contributed by atoms with van der Waals surface area (Å²) in [5.74, 6) is -0.00605. The molecule has 1 amide bonds. The first kappa shape index (κ1) is 18.8. The minimum Gasteiger partial charge on any atom is -0.385 e. The molecule has 5 nitrogen and oxygen atoms in total. The molecule has 0 spiro atoms. The van der Waals surface area contributed by atoms with Crippen molar-refractivity contribution in [1.29, 1.82) is 0 Å². The smallest absolute Gasteiger partial charge is 0.233 e. The Kier molecular flexibility index (Phi) is 7.15. The summed E-state index contributed by atoms with van der Waals surface area (Å²) in [5, 5.41) is 4.14. The van der Waals surface area contributed by atoms with Crippen LogP contribution in [0.15, 0.2) is 35.7 Å². The number of nitrogens with zero attached hydrogens (tertiary/aromatic N) is 2. The maximum absolute atomic E-state index is 12.2. The topological polar surface area (TPSA) is 56.1 Å². The zero-order valence-electron chi connectivity index (χ0n) is 14.1. The number of hydrogen-bond acceptors (Lipinski definition) is 4. The maximum Gasteiger partial charge on any atom is 0.233 e. The molecule has 1 N–H and O–H groups in total. The second kappa shape index (κ2) is 9.11. The average molecular weight is 368 g/mol. The number of carbonyl (C=O) groups excluding carboxylic acids is 1. The summed E-state index contributed by atoms with van der Waals surface area (Å²) in [6.07, 6.45) is 4.41. The van der Waals surface area contributed by atoms with Gasteiger partial charge in [-0.05, 0) is 38.0 Å². The zero-order chi connectivity index (χ0) is 17.5. The van der Waals surface area contributed by atoms with Gasteiger partial charge < -0.3 is 10.1 Å². The van der Waals surface area contributed by atoms with Gasteiger partial charge in [0.05, 0.1) is 10.9 Å². The van der Waals surface area contributed by atoms with Crippen molar-refractivity contribution in [3.8, 4) is 5.69 Å². The van der Waals surface area contributed by atoms with Crippen LogP contribution in [0.25, 0.3) is 5.69 Å². The van der Waals surface area contributed by atoms with Gasteiger partial charge >= 0.3 is 0 Å². The van der Waals surface area contributed by atoms with Crippen molar-refractivity contribution in [1.82, 2.24) is 14.9 Å². The molecule has 7 heteroatoms. The normalized spacial score (nSPS) is 12.2. The summed E-state index contributed by atoms with van der Waals surface area (Å²) in [4.78, 5) is 16.5. The fourth-order valence-electron chi connectivity index (χ4n) is 2.20. The first-order chi connectivity index (χ1) is 11.5. The van der Waals surface area contributed by atoms with Crippen molar-refractivity contribution in [2.24, 2.45) is 0 Å². The van der Waals surface area contributed by atoms with E-state index in [1.165, 1.54) is 11.8 Å². The van der Waals surface area contributed by atoms with Crippen LogP contribution in [0, 0.1) is 6.92 Å². The quantitative estimate of drug-likeness (QED) is 0.573. The van der Waals surface area contributed by atoms with Gasteiger partial charge in [0.25, 0.3) is 0 Å². The van der Waals surface area contributed by atoms with E-state index in [0.29, 0.717) is 18.2 Å². The van der Waals surface area contributed by atoms with E-state index in [1.54, 1.807) is 13.3 Å². The van der Waals surface area contributed by atoms with Crippen LogP contribution >= 0.6 is 23.4 Å². The van der Waals surface area contributed by atoms with E-state index in [2.05, 4.69) is 10.3 Å². The van der Waals surface area contributed by atoms with Crippen LogP contribution in [0.5, 0.6) is 0 Å². The van der Waals surface area contributed by atoms with Crippen molar-refractivity contribution in [3.63, 3.8) is 0 Å². The highest BCUT2D eigenvalue weighted by molar-refractivity contribution is 8.00. The zero-order valence-corrected chi connectivity index (χ0v) is 15.7. The summed E-state index contributed by atoms with van der Waals surface area (Å²) in [5.41, 5.74) is 1.95. The predicted octanol–water partition coefficient (Wildman–Crippen LogP) is 3.47. The second-order valence-electron chi connectivity index (χ2n) is 5.36. The SMILES string of the molecule is COCCCNC(=O)C(C)Sc1nccn1-c1cccc(Cl)c1C. The van der Waals surface area contributed by atoms with Gasteiger partial charge in [-0.1, -0.05) is 29.4 Å². The number of halogens is 1. The van der Waals surface area contributed by atoms with E-state index in [1.807, 2.05) is 42.8 Å². The molecule has 1 unspecified atom stereocenters. The number of thioether (sulfide) groups is 1. The molecule has 0 radical (unpaired) electrons. The molecule has 0 fully saturated rings. The molecule has 1 aromatic carbocycles. The number of hydrogen-bond donors (Lipinski definition) is 1. The van der Waals surface area contributed by atoms with E-state index in [4.69, 9.17) is 16.3 Å². The molecule has 0 saturated carbocycles. The van der Waals surface area contributed by atoms with Crippen LogP contribution in [0.4, 0.5) is 0 Å². The van der Waals surface area contributed by atoms with Crippen LogP contribution < -0.4 is 5.32 Å². The number of methoxy groups -OCH3 is 1. The van der Waals surface area contributed by atoms with Gasteiger partial charge in [0.1, 0.15) is 0 Å². The van der Waals surface area contributed by atoms with E-state index in [9.17, 15) is 4.79 Å². The number of amides is 1. The van der Waals surface area contributed by atoms with E-state index in [0.717, 1.165) is 22.8 Å². The van der Waals surface area contributed by atoms with Crippen molar-refractivity contribution in [2.75, 3.05) is 20.3 Å². The molecule has 2 aromatic rings. The Balaban J connectivity index is 2.05. The Morgan fingerprint density at radius 2 is 2.29 bits per heavy atom. The number of nitrogens with one attached hydrogen (secondary N) is 1. The van der Waals surface area contributed by atoms with Gasteiger partial charge in [0.15, 0.2) is 5.16 Å². The highest BCUT2D eigenvalue weighted by Gasteiger charge is 2.18.